The number of fused-ring (bicyclic) bond motifs is 9. The van der Waals surface area contributed by atoms with Crippen LogP contribution in [0.4, 0.5) is 17.1 Å². The van der Waals surface area contributed by atoms with Crippen molar-refractivity contribution in [2.45, 2.75) is 19.3 Å². The minimum Gasteiger partial charge on any atom is -0.309 e. The molecule has 0 atom stereocenters. The van der Waals surface area contributed by atoms with Gasteiger partial charge in [-0.25, -0.2) is 0 Å². The Morgan fingerprint density at radius 1 is 0.418 bits per heavy atom. The highest BCUT2D eigenvalue weighted by Crippen LogP contribution is 2.55. The molecule has 11 rings (SSSR count). The molecule has 0 radical (unpaired) electrons. The Labute approximate surface area is 325 Å². The normalized spacial score (nSPS) is 13.1. The first kappa shape index (κ1) is 32.0. The summed E-state index contributed by atoms with van der Waals surface area (Å²) in [7, 11) is 0. The molecule has 9 aromatic carbocycles. The number of hydrogen-bond acceptors (Lipinski definition) is 2. The van der Waals surface area contributed by atoms with Crippen molar-refractivity contribution < 1.29 is 0 Å². The second kappa shape index (κ2) is 12.3. The SMILES string of the molecule is CC1(C)c2ccccc2-c2c(N(c3ccc(-c4ccc5ccc6sc7ccccc7c6c5c4)cc3)c3ccccc3-c3cccc4ccccc34)cccc21. The van der Waals surface area contributed by atoms with Crippen LogP contribution in [0.5, 0.6) is 0 Å². The first-order valence-corrected chi connectivity index (χ1v) is 19.9. The maximum Gasteiger partial charge on any atom is 0.0543 e. The molecule has 0 unspecified atom stereocenters. The van der Waals surface area contributed by atoms with E-state index in [4.69, 9.17) is 0 Å². The van der Waals surface area contributed by atoms with Gasteiger partial charge in [0.05, 0.1) is 11.4 Å². The minimum absolute atomic E-state index is 0.109. The first-order chi connectivity index (χ1) is 27.0. The highest BCUT2D eigenvalue weighted by Gasteiger charge is 2.38. The van der Waals surface area contributed by atoms with E-state index in [2.05, 4.69) is 207 Å². The fraction of sp³-hybridized carbons (Fsp3) is 0.0566. The van der Waals surface area contributed by atoms with Gasteiger partial charge in [0.25, 0.3) is 0 Å². The molecule has 0 aliphatic heterocycles. The number of benzene rings is 9. The summed E-state index contributed by atoms with van der Waals surface area (Å²) in [5, 5.41) is 7.76. The van der Waals surface area contributed by atoms with E-state index in [0.717, 1.165) is 11.4 Å². The highest BCUT2D eigenvalue weighted by molar-refractivity contribution is 7.26. The van der Waals surface area contributed by atoms with Crippen molar-refractivity contribution in [3.05, 3.63) is 199 Å². The smallest absolute Gasteiger partial charge is 0.0543 e. The summed E-state index contributed by atoms with van der Waals surface area (Å²) in [6.07, 6.45) is 0. The fourth-order valence-corrected chi connectivity index (χ4v) is 10.3. The molecule has 1 nitrogen and oxygen atoms in total. The van der Waals surface area contributed by atoms with E-state index < -0.39 is 0 Å². The van der Waals surface area contributed by atoms with Crippen LogP contribution in [-0.4, -0.2) is 0 Å². The molecule has 1 aromatic heterocycles. The summed E-state index contributed by atoms with van der Waals surface area (Å²) >= 11 is 1.88. The molecule has 0 saturated carbocycles. The molecule has 55 heavy (non-hydrogen) atoms. The quantitative estimate of drug-likeness (QED) is 0.171. The van der Waals surface area contributed by atoms with E-state index >= 15 is 0 Å². The van der Waals surface area contributed by atoms with Crippen LogP contribution in [0.15, 0.2) is 188 Å². The van der Waals surface area contributed by atoms with Crippen LogP contribution in [0.25, 0.3) is 75.1 Å². The van der Waals surface area contributed by atoms with Crippen molar-refractivity contribution in [3.8, 4) is 33.4 Å². The van der Waals surface area contributed by atoms with Crippen molar-refractivity contribution in [2.75, 3.05) is 4.90 Å². The van der Waals surface area contributed by atoms with Crippen LogP contribution in [0.2, 0.25) is 0 Å². The summed E-state index contributed by atoms with van der Waals surface area (Å²) in [5.74, 6) is 0. The molecule has 1 aliphatic carbocycles. The third-order valence-electron chi connectivity index (χ3n) is 11.9. The van der Waals surface area contributed by atoms with E-state index in [9.17, 15) is 0 Å². The van der Waals surface area contributed by atoms with Gasteiger partial charge < -0.3 is 4.90 Å². The molecule has 0 spiro atoms. The molecule has 0 saturated heterocycles. The number of rotatable bonds is 5. The van der Waals surface area contributed by atoms with Gasteiger partial charge in [-0.2, -0.15) is 0 Å². The zero-order valence-electron chi connectivity index (χ0n) is 30.8. The zero-order valence-corrected chi connectivity index (χ0v) is 31.6. The molecule has 0 amide bonds. The third kappa shape index (κ3) is 4.92. The molecule has 0 bridgehead atoms. The van der Waals surface area contributed by atoms with Crippen LogP contribution in [0.3, 0.4) is 0 Å². The average molecular weight is 720 g/mol. The van der Waals surface area contributed by atoms with Crippen molar-refractivity contribution in [1.82, 2.24) is 0 Å². The molecular formula is C53H37NS. The molecule has 2 heteroatoms. The molecular weight excluding hydrogens is 683 g/mol. The fourth-order valence-electron chi connectivity index (χ4n) is 9.21. The van der Waals surface area contributed by atoms with E-state index in [1.807, 2.05) is 11.3 Å². The lowest BCUT2D eigenvalue weighted by atomic mass is 9.82. The standard InChI is InChI=1S/C53H37NS/c1-53(2)45-20-8-5-17-42(45)52-46(53)21-12-23-48(52)54(47-22-9-6-16-41(47)40-19-11-14-35-13-3-4-15-39(35)40)38-30-27-34(28-31-38)37-26-25-36-29-32-50-51(44(36)33-37)43-18-7-10-24-49(43)55-50/h3-33H,1-2H3. The first-order valence-electron chi connectivity index (χ1n) is 19.1. The topological polar surface area (TPSA) is 3.24 Å². The second-order valence-electron chi connectivity index (χ2n) is 15.3. The number of thiophene rings is 1. The Morgan fingerprint density at radius 3 is 1.93 bits per heavy atom. The van der Waals surface area contributed by atoms with Crippen LogP contribution in [-0.2, 0) is 5.41 Å². The monoisotopic (exact) mass is 719 g/mol. The Kier molecular flexibility index (Phi) is 7.14. The molecule has 10 aromatic rings. The lowest BCUT2D eigenvalue weighted by Gasteiger charge is -2.31. The number of hydrogen-bond donors (Lipinski definition) is 0. The van der Waals surface area contributed by atoms with Crippen molar-refractivity contribution in [1.29, 1.82) is 0 Å². The van der Waals surface area contributed by atoms with Crippen LogP contribution >= 0.6 is 11.3 Å². The van der Waals surface area contributed by atoms with Gasteiger partial charge in [0, 0.05) is 42.4 Å². The summed E-state index contributed by atoms with van der Waals surface area (Å²) in [6.45, 7) is 4.72. The zero-order chi connectivity index (χ0) is 36.7. The summed E-state index contributed by atoms with van der Waals surface area (Å²) < 4.78 is 2.67. The van der Waals surface area contributed by atoms with Gasteiger partial charge in [0.2, 0.25) is 0 Å². The van der Waals surface area contributed by atoms with Crippen molar-refractivity contribution in [2.24, 2.45) is 0 Å². The predicted octanol–water partition coefficient (Wildman–Crippen LogP) is 15.5. The number of para-hydroxylation sites is 1. The molecule has 0 fully saturated rings. The lowest BCUT2D eigenvalue weighted by Crippen LogP contribution is -2.16. The van der Waals surface area contributed by atoms with Crippen LogP contribution < -0.4 is 4.90 Å². The van der Waals surface area contributed by atoms with Crippen molar-refractivity contribution >= 4 is 70.1 Å². The molecule has 1 aliphatic rings. The van der Waals surface area contributed by atoms with Gasteiger partial charge >= 0.3 is 0 Å². The Bertz CT molecular complexity index is 3120. The Balaban J connectivity index is 1.12. The summed E-state index contributed by atoms with van der Waals surface area (Å²) in [6, 6.07) is 69.7. The highest BCUT2D eigenvalue weighted by atomic mass is 32.1. The molecule has 1 heterocycles. The van der Waals surface area contributed by atoms with Gasteiger partial charge in [0.1, 0.15) is 0 Å². The molecule has 260 valence electrons. The third-order valence-corrected chi connectivity index (χ3v) is 13.0. The summed E-state index contributed by atoms with van der Waals surface area (Å²) in [4.78, 5) is 2.50. The Morgan fingerprint density at radius 2 is 1.04 bits per heavy atom. The number of nitrogens with zero attached hydrogens (tertiary/aromatic N) is 1. The van der Waals surface area contributed by atoms with Gasteiger partial charge in [-0.05, 0) is 97.4 Å². The van der Waals surface area contributed by atoms with E-state index in [1.165, 1.54) is 91.9 Å². The van der Waals surface area contributed by atoms with Crippen LogP contribution in [0.1, 0.15) is 25.0 Å². The number of anilines is 3. The lowest BCUT2D eigenvalue weighted by molar-refractivity contribution is 0.660. The van der Waals surface area contributed by atoms with Gasteiger partial charge in [-0.3, -0.25) is 0 Å². The van der Waals surface area contributed by atoms with E-state index in [1.54, 1.807) is 0 Å². The maximum atomic E-state index is 2.50. The Hall–Kier alpha value is -6.48. The summed E-state index contributed by atoms with van der Waals surface area (Å²) in [5.41, 5.74) is 13.6. The predicted molar refractivity (Wildman–Crippen MR) is 237 cm³/mol. The van der Waals surface area contributed by atoms with E-state index in [0.29, 0.717) is 0 Å². The largest absolute Gasteiger partial charge is 0.309 e. The van der Waals surface area contributed by atoms with Gasteiger partial charge in [-0.1, -0.05) is 159 Å². The molecule has 0 N–H and O–H groups in total. The van der Waals surface area contributed by atoms with Crippen LogP contribution in [0, 0.1) is 0 Å². The van der Waals surface area contributed by atoms with Gasteiger partial charge in [-0.15, -0.1) is 11.3 Å². The second-order valence-corrected chi connectivity index (χ2v) is 16.4. The van der Waals surface area contributed by atoms with E-state index in [-0.39, 0.29) is 5.41 Å². The maximum absolute atomic E-state index is 2.50. The van der Waals surface area contributed by atoms with Gasteiger partial charge in [0.15, 0.2) is 0 Å². The minimum atomic E-state index is -0.109. The average Bonchev–Trinajstić information content (AvgIpc) is 3.74. The van der Waals surface area contributed by atoms with Crippen molar-refractivity contribution in [3.63, 3.8) is 0 Å².